The summed E-state index contributed by atoms with van der Waals surface area (Å²) in [4.78, 5) is 39.2. The Balaban J connectivity index is 1.68. The second-order valence-corrected chi connectivity index (χ2v) is 6.10. The minimum atomic E-state index is -0.425. The number of hydrogen-bond donors (Lipinski definition) is 0. The van der Waals surface area contributed by atoms with Crippen LogP contribution in [-0.2, 0) is 20.9 Å². The van der Waals surface area contributed by atoms with Crippen LogP contribution in [0.3, 0.4) is 0 Å². The largest absolute Gasteiger partial charge is 0.445 e. The Bertz CT molecular complexity index is 631. The van der Waals surface area contributed by atoms with Crippen molar-refractivity contribution < 1.29 is 19.1 Å². The van der Waals surface area contributed by atoms with Gasteiger partial charge in [-0.05, 0) is 12.0 Å². The summed E-state index contributed by atoms with van der Waals surface area (Å²) in [7, 11) is 0. The maximum absolute atomic E-state index is 12.4. The lowest BCUT2D eigenvalue weighted by Crippen LogP contribution is -2.42. The van der Waals surface area contributed by atoms with Crippen LogP contribution in [0, 0.1) is 5.92 Å². The highest BCUT2D eigenvalue weighted by atomic mass is 16.6. The number of hydrogen-bond acceptors (Lipinski definition) is 4. The number of nitrogens with zero attached hydrogens (tertiary/aromatic N) is 2. The van der Waals surface area contributed by atoms with Gasteiger partial charge < -0.3 is 9.64 Å². The first-order chi connectivity index (χ1) is 11.0. The topological polar surface area (TPSA) is 66.9 Å². The average molecular weight is 316 g/mol. The Morgan fingerprint density at radius 2 is 1.96 bits per heavy atom. The number of rotatable bonds is 2. The van der Waals surface area contributed by atoms with Gasteiger partial charge in [-0.25, -0.2) is 4.79 Å². The third-order valence-electron chi connectivity index (χ3n) is 4.67. The Kier molecular flexibility index (Phi) is 4.07. The van der Waals surface area contributed by atoms with Crippen molar-refractivity contribution in [2.24, 2.45) is 5.92 Å². The van der Waals surface area contributed by atoms with Crippen LogP contribution in [0.5, 0.6) is 0 Å². The van der Waals surface area contributed by atoms with Crippen LogP contribution >= 0.6 is 0 Å². The predicted octanol–water partition coefficient (Wildman–Crippen LogP) is 1.79. The minimum absolute atomic E-state index is 0.201. The zero-order valence-corrected chi connectivity index (χ0v) is 13.3. The van der Waals surface area contributed by atoms with Crippen LogP contribution in [0.1, 0.15) is 25.8 Å². The molecule has 2 saturated heterocycles. The van der Waals surface area contributed by atoms with Gasteiger partial charge in [-0.1, -0.05) is 37.3 Å². The average Bonchev–Trinajstić information content (AvgIpc) is 3.06. The number of carbonyl (C=O) groups is 3. The van der Waals surface area contributed by atoms with Crippen molar-refractivity contribution in [3.63, 3.8) is 0 Å². The fourth-order valence-electron chi connectivity index (χ4n) is 3.62. The number of likely N-dealkylation sites (tertiary alicyclic amines) is 2. The second kappa shape index (κ2) is 6.02. The summed E-state index contributed by atoms with van der Waals surface area (Å²) in [5, 5.41) is 0. The van der Waals surface area contributed by atoms with Crippen molar-refractivity contribution >= 4 is 17.9 Å². The van der Waals surface area contributed by atoms with E-state index in [0.29, 0.717) is 13.0 Å². The summed E-state index contributed by atoms with van der Waals surface area (Å²) < 4.78 is 5.37. The molecule has 2 fully saturated rings. The first-order valence-corrected chi connectivity index (χ1v) is 7.81. The summed E-state index contributed by atoms with van der Waals surface area (Å²) in [6, 6.07) is 8.94. The molecule has 0 saturated carbocycles. The lowest BCUT2D eigenvalue weighted by molar-refractivity contribution is -0.143. The quantitative estimate of drug-likeness (QED) is 0.834. The molecule has 0 bridgehead atoms. The zero-order valence-electron chi connectivity index (χ0n) is 13.3. The van der Waals surface area contributed by atoms with Crippen molar-refractivity contribution in [3.8, 4) is 0 Å². The summed E-state index contributed by atoms with van der Waals surface area (Å²) in [6.07, 6.45) is 0.187. The molecule has 2 aliphatic rings. The van der Waals surface area contributed by atoms with Crippen LogP contribution in [0.4, 0.5) is 4.79 Å². The van der Waals surface area contributed by atoms with E-state index in [-0.39, 0.29) is 36.4 Å². The van der Waals surface area contributed by atoms with Gasteiger partial charge in [-0.15, -0.1) is 0 Å². The predicted molar refractivity (Wildman–Crippen MR) is 82.2 cm³/mol. The fourth-order valence-corrected chi connectivity index (χ4v) is 3.62. The van der Waals surface area contributed by atoms with Crippen LogP contribution in [0.25, 0.3) is 0 Å². The highest BCUT2D eigenvalue weighted by Gasteiger charge is 2.54. The van der Waals surface area contributed by atoms with E-state index in [1.807, 2.05) is 30.3 Å². The van der Waals surface area contributed by atoms with Crippen molar-refractivity contribution in [3.05, 3.63) is 35.9 Å². The van der Waals surface area contributed by atoms with Gasteiger partial charge in [0.2, 0.25) is 11.8 Å². The van der Waals surface area contributed by atoms with Crippen molar-refractivity contribution in [2.45, 2.75) is 39.0 Å². The van der Waals surface area contributed by atoms with Gasteiger partial charge in [0.05, 0.1) is 18.0 Å². The van der Waals surface area contributed by atoms with E-state index in [9.17, 15) is 14.4 Å². The standard InChI is InChI=1S/C17H20N2O4/c1-11-15-14(19(12(2)20)16(11)21)8-9-18(15)17(22)23-10-13-6-4-3-5-7-13/h3-7,11,14-15H,8-10H2,1-2H3/t11-,14-,15?/m1/s1. The molecule has 1 aromatic carbocycles. The molecule has 0 aromatic heterocycles. The van der Waals surface area contributed by atoms with Gasteiger partial charge in [0.1, 0.15) is 6.61 Å². The van der Waals surface area contributed by atoms with Gasteiger partial charge in [-0.3, -0.25) is 14.5 Å². The van der Waals surface area contributed by atoms with E-state index >= 15 is 0 Å². The molecule has 3 rings (SSSR count). The van der Waals surface area contributed by atoms with E-state index in [2.05, 4.69) is 0 Å². The van der Waals surface area contributed by atoms with Gasteiger partial charge in [0.15, 0.2) is 0 Å². The van der Waals surface area contributed by atoms with Gasteiger partial charge in [0.25, 0.3) is 0 Å². The molecule has 122 valence electrons. The molecule has 1 unspecified atom stereocenters. The minimum Gasteiger partial charge on any atom is -0.445 e. The number of carbonyl (C=O) groups excluding carboxylic acids is 3. The third kappa shape index (κ3) is 2.69. The SMILES string of the molecule is CC(=O)N1C(=O)[C@H](C)C2[C@H]1CCN2C(=O)OCc1ccccc1. The maximum Gasteiger partial charge on any atom is 0.410 e. The van der Waals surface area contributed by atoms with Crippen LogP contribution in [-0.4, -0.2) is 46.3 Å². The molecule has 3 atom stereocenters. The molecule has 0 aliphatic carbocycles. The maximum atomic E-state index is 12.4. The third-order valence-corrected chi connectivity index (χ3v) is 4.67. The number of ether oxygens (including phenoxy) is 1. The van der Waals surface area contributed by atoms with Crippen LogP contribution in [0.15, 0.2) is 30.3 Å². The highest BCUT2D eigenvalue weighted by molar-refractivity contribution is 5.98. The second-order valence-electron chi connectivity index (χ2n) is 6.10. The molecule has 23 heavy (non-hydrogen) atoms. The van der Waals surface area contributed by atoms with E-state index in [0.717, 1.165) is 5.56 Å². The summed E-state index contributed by atoms with van der Waals surface area (Å²) >= 11 is 0. The first-order valence-electron chi connectivity index (χ1n) is 7.81. The molecule has 0 radical (unpaired) electrons. The summed E-state index contributed by atoms with van der Waals surface area (Å²) in [5.74, 6) is -0.836. The number of benzene rings is 1. The van der Waals surface area contributed by atoms with Gasteiger partial charge >= 0.3 is 6.09 Å². The van der Waals surface area contributed by atoms with Crippen LogP contribution in [0.2, 0.25) is 0 Å². The number of amides is 3. The monoisotopic (exact) mass is 316 g/mol. The summed E-state index contributed by atoms with van der Waals surface area (Å²) in [5.41, 5.74) is 0.914. The number of imide groups is 1. The van der Waals surface area contributed by atoms with E-state index < -0.39 is 6.09 Å². The molecule has 0 N–H and O–H groups in total. The lowest BCUT2D eigenvalue weighted by Gasteiger charge is -2.25. The lowest BCUT2D eigenvalue weighted by atomic mass is 10.0. The molecule has 3 amide bonds. The molecule has 6 heteroatoms. The highest BCUT2D eigenvalue weighted by Crippen LogP contribution is 2.36. The van der Waals surface area contributed by atoms with Gasteiger partial charge in [-0.2, -0.15) is 0 Å². The molecule has 0 spiro atoms. The van der Waals surface area contributed by atoms with Crippen molar-refractivity contribution in [2.75, 3.05) is 6.54 Å². The molecule has 2 heterocycles. The Morgan fingerprint density at radius 1 is 1.26 bits per heavy atom. The molecule has 2 aliphatic heterocycles. The van der Waals surface area contributed by atoms with E-state index in [1.165, 1.54) is 11.8 Å². The fraction of sp³-hybridized carbons (Fsp3) is 0.471. The molecule has 1 aromatic rings. The van der Waals surface area contributed by atoms with Crippen molar-refractivity contribution in [1.82, 2.24) is 9.80 Å². The normalized spacial score (nSPS) is 26.3. The molecule has 6 nitrogen and oxygen atoms in total. The van der Waals surface area contributed by atoms with Gasteiger partial charge in [0, 0.05) is 13.5 Å². The van der Waals surface area contributed by atoms with Crippen molar-refractivity contribution in [1.29, 1.82) is 0 Å². The Hall–Kier alpha value is -2.37. The Labute approximate surface area is 135 Å². The van der Waals surface area contributed by atoms with E-state index in [4.69, 9.17) is 4.74 Å². The zero-order chi connectivity index (χ0) is 16.6. The molecular formula is C17H20N2O4. The van der Waals surface area contributed by atoms with E-state index in [1.54, 1.807) is 11.8 Å². The Morgan fingerprint density at radius 3 is 2.61 bits per heavy atom. The van der Waals surface area contributed by atoms with Crippen LogP contribution < -0.4 is 0 Å². The smallest absolute Gasteiger partial charge is 0.410 e. The number of fused-ring (bicyclic) bond motifs is 1. The summed E-state index contributed by atoms with van der Waals surface area (Å²) in [6.45, 7) is 3.87. The first kappa shape index (κ1) is 15.5. The molecular weight excluding hydrogens is 296 g/mol.